The molecule has 0 fully saturated rings. The van der Waals surface area contributed by atoms with Crippen LogP contribution in [0.25, 0.3) is 10.9 Å². The van der Waals surface area contributed by atoms with Gasteiger partial charge in [0.2, 0.25) is 11.8 Å². The number of rotatable bonds is 4. The Labute approximate surface area is 167 Å². The van der Waals surface area contributed by atoms with Crippen molar-refractivity contribution >= 4 is 40.0 Å². The topological polar surface area (TPSA) is 100 Å². The van der Waals surface area contributed by atoms with Gasteiger partial charge in [-0.2, -0.15) is 0 Å². The first-order chi connectivity index (χ1) is 14.0. The molecule has 2 heterocycles. The molecule has 146 valence electrons. The number of carbonyl (C=O) groups is 3. The highest BCUT2D eigenvalue weighted by Gasteiger charge is 2.27. The monoisotopic (exact) mass is 388 g/mol. The minimum atomic E-state index is -0.780. The van der Waals surface area contributed by atoms with Gasteiger partial charge >= 0.3 is 0 Å². The molecular weight excluding hydrogens is 368 g/mol. The first-order valence-electron chi connectivity index (χ1n) is 9.38. The summed E-state index contributed by atoms with van der Waals surface area (Å²) in [6, 6.07) is 15.4. The average molecular weight is 388 g/mol. The minimum absolute atomic E-state index is 0.0877. The van der Waals surface area contributed by atoms with E-state index in [9.17, 15) is 14.4 Å². The van der Waals surface area contributed by atoms with E-state index >= 15 is 0 Å². The summed E-state index contributed by atoms with van der Waals surface area (Å²) in [6.45, 7) is 1.91. The number of aryl methyl sites for hydroxylation is 1. The number of carbonyl (C=O) groups excluding carboxylic acids is 3. The van der Waals surface area contributed by atoms with Crippen LogP contribution in [0.15, 0.2) is 54.6 Å². The summed E-state index contributed by atoms with van der Waals surface area (Å²) in [6.07, 6.45) is 0.282. The van der Waals surface area contributed by atoms with Gasteiger partial charge in [0, 0.05) is 17.5 Å². The molecule has 1 unspecified atom stereocenters. The Morgan fingerprint density at radius 3 is 2.76 bits per heavy atom. The van der Waals surface area contributed by atoms with Crippen LogP contribution in [0.2, 0.25) is 0 Å². The number of pyridine rings is 1. The molecule has 0 radical (unpaired) electrons. The maximum Gasteiger partial charge on any atom is 0.254 e. The number of anilines is 2. The third kappa shape index (κ3) is 3.94. The number of para-hydroxylation sites is 1. The minimum Gasteiger partial charge on any atom is -0.340 e. The van der Waals surface area contributed by atoms with E-state index in [1.807, 2.05) is 37.3 Å². The fraction of sp³-hybridized carbons (Fsp3) is 0.182. The van der Waals surface area contributed by atoms with Gasteiger partial charge in [-0.25, -0.2) is 0 Å². The standard InChI is InChI=1S/C22H20N4O3/c1-13-9-10-14-16(23-13)7-4-8-17(14)24-20(27)12-11-19-22(29)25-18-6-3-2-5-15(18)21(28)26-19/h2-10,19H,11-12H2,1H3,(H,24,27)(H,25,29)(H,26,28). The SMILES string of the molecule is Cc1ccc2c(NC(=O)CCC3NC(=O)c4ccccc4NC3=O)cccc2n1. The Morgan fingerprint density at radius 1 is 1.07 bits per heavy atom. The molecule has 7 nitrogen and oxygen atoms in total. The lowest BCUT2D eigenvalue weighted by atomic mass is 10.1. The largest absolute Gasteiger partial charge is 0.340 e. The summed E-state index contributed by atoms with van der Waals surface area (Å²) >= 11 is 0. The molecule has 0 aliphatic carbocycles. The highest BCUT2D eigenvalue weighted by Crippen LogP contribution is 2.23. The number of hydrogen-bond acceptors (Lipinski definition) is 4. The van der Waals surface area contributed by atoms with Gasteiger partial charge in [0.1, 0.15) is 6.04 Å². The molecule has 3 aromatic rings. The Morgan fingerprint density at radius 2 is 1.90 bits per heavy atom. The van der Waals surface area contributed by atoms with Crippen LogP contribution in [-0.2, 0) is 9.59 Å². The fourth-order valence-corrected chi connectivity index (χ4v) is 3.37. The van der Waals surface area contributed by atoms with Crippen molar-refractivity contribution in [2.45, 2.75) is 25.8 Å². The van der Waals surface area contributed by atoms with Crippen LogP contribution >= 0.6 is 0 Å². The Hall–Kier alpha value is -3.74. The van der Waals surface area contributed by atoms with Crippen molar-refractivity contribution in [3.05, 3.63) is 65.9 Å². The van der Waals surface area contributed by atoms with Gasteiger partial charge in [-0.05, 0) is 49.7 Å². The molecule has 7 heteroatoms. The second-order valence-electron chi connectivity index (χ2n) is 6.97. The molecule has 1 atom stereocenters. The zero-order valence-corrected chi connectivity index (χ0v) is 15.9. The van der Waals surface area contributed by atoms with E-state index in [1.54, 1.807) is 24.3 Å². The first-order valence-corrected chi connectivity index (χ1v) is 9.38. The van der Waals surface area contributed by atoms with Gasteiger partial charge in [0.15, 0.2) is 0 Å². The van der Waals surface area contributed by atoms with Gasteiger partial charge < -0.3 is 16.0 Å². The summed E-state index contributed by atoms with van der Waals surface area (Å²) in [5.41, 5.74) is 3.25. The number of nitrogens with one attached hydrogen (secondary N) is 3. The van der Waals surface area contributed by atoms with E-state index < -0.39 is 6.04 Å². The molecule has 1 aliphatic rings. The smallest absolute Gasteiger partial charge is 0.254 e. The van der Waals surface area contributed by atoms with E-state index in [4.69, 9.17) is 0 Å². The zero-order valence-electron chi connectivity index (χ0n) is 15.9. The van der Waals surface area contributed by atoms with Crippen molar-refractivity contribution in [3.8, 4) is 0 Å². The lowest BCUT2D eigenvalue weighted by molar-refractivity contribution is -0.118. The van der Waals surface area contributed by atoms with Crippen LogP contribution in [0.3, 0.4) is 0 Å². The Balaban J connectivity index is 1.43. The molecule has 2 aromatic carbocycles. The first kappa shape index (κ1) is 18.6. The molecule has 0 bridgehead atoms. The van der Waals surface area contributed by atoms with E-state index in [-0.39, 0.29) is 30.6 Å². The van der Waals surface area contributed by atoms with E-state index in [0.29, 0.717) is 16.9 Å². The van der Waals surface area contributed by atoms with Crippen LogP contribution in [0.4, 0.5) is 11.4 Å². The fourth-order valence-electron chi connectivity index (χ4n) is 3.37. The Kier molecular flexibility index (Phi) is 4.95. The zero-order chi connectivity index (χ0) is 20.4. The lowest BCUT2D eigenvalue weighted by Gasteiger charge is -2.14. The van der Waals surface area contributed by atoms with Crippen LogP contribution in [-0.4, -0.2) is 28.7 Å². The maximum absolute atomic E-state index is 12.5. The van der Waals surface area contributed by atoms with Crippen molar-refractivity contribution in [2.75, 3.05) is 10.6 Å². The highest BCUT2D eigenvalue weighted by atomic mass is 16.2. The van der Waals surface area contributed by atoms with Gasteiger partial charge in [-0.1, -0.05) is 18.2 Å². The third-order valence-corrected chi connectivity index (χ3v) is 4.86. The van der Waals surface area contributed by atoms with Crippen molar-refractivity contribution in [1.29, 1.82) is 0 Å². The predicted octanol–water partition coefficient (Wildman–Crippen LogP) is 3.01. The van der Waals surface area contributed by atoms with Crippen molar-refractivity contribution in [2.24, 2.45) is 0 Å². The quantitative estimate of drug-likeness (QED) is 0.640. The molecule has 3 N–H and O–H groups in total. The third-order valence-electron chi connectivity index (χ3n) is 4.86. The van der Waals surface area contributed by atoms with Crippen LogP contribution in [0, 0.1) is 6.92 Å². The van der Waals surface area contributed by atoms with E-state index in [2.05, 4.69) is 20.9 Å². The number of benzene rings is 2. The summed E-state index contributed by atoms with van der Waals surface area (Å²) in [7, 11) is 0. The summed E-state index contributed by atoms with van der Waals surface area (Å²) < 4.78 is 0. The Bertz CT molecular complexity index is 1130. The van der Waals surface area contributed by atoms with Crippen LogP contribution in [0.1, 0.15) is 28.9 Å². The van der Waals surface area contributed by atoms with Crippen molar-refractivity contribution in [1.82, 2.24) is 10.3 Å². The van der Waals surface area contributed by atoms with Crippen LogP contribution in [0.5, 0.6) is 0 Å². The second-order valence-corrected chi connectivity index (χ2v) is 6.97. The molecule has 1 aromatic heterocycles. The predicted molar refractivity (Wildman–Crippen MR) is 111 cm³/mol. The highest BCUT2D eigenvalue weighted by molar-refractivity contribution is 6.10. The number of nitrogens with zero attached hydrogens (tertiary/aromatic N) is 1. The molecule has 3 amide bonds. The maximum atomic E-state index is 12.5. The van der Waals surface area contributed by atoms with Gasteiger partial charge in [0.25, 0.3) is 5.91 Å². The normalized spacial score (nSPS) is 15.8. The second kappa shape index (κ2) is 7.71. The van der Waals surface area contributed by atoms with Crippen LogP contribution < -0.4 is 16.0 Å². The van der Waals surface area contributed by atoms with E-state index in [0.717, 1.165) is 16.6 Å². The van der Waals surface area contributed by atoms with Crippen molar-refractivity contribution in [3.63, 3.8) is 0 Å². The molecule has 29 heavy (non-hydrogen) atoms. The number of fused-ring (bicyclic) bond motifs is 2. The van der Waals surface area contributed by atoms with Gasteiger partial charge in [-0.3, -0.25) is 19.4 Å². The number of amides is 3. The number of hydrogen-bond donors (Lipinski definition) is 3. The molecular formula is C22H20N4O3. The number of aromatic nitrogens is 1. The summed E-state index contributed by atoms with van der Waals surface area (Å²) in [5, 5.41) is 9.17. The van der Waals surface area contributed by atoms with E-state index in [1.165, 1.54) is 0 Å². The van der Waals surface area contributed by atoms with Gasteiger partial charge in [0.05, 0.1) is 22.5 Å². The van der Waals surface area contributed by atoms with Gasteiger partial charge in [-0.15, -0.1) is 0 Å². The summed E-state index contributed by atoms with van der Waals surface area (Å²) in [4.78, 5) is 41.7. The average Bonchev–Trinajstić information content (AvgIpc) is 2.82. The molecule has 0 saturated carbocycles. The summed E-state index contributed by atoms with van der Waals surface area (Å²) in [5.74, 6) is -0.900. The molecule has 1 aliphatic heterocycles. The molecule has 0 saturated heterocycles. The molecule has 0 spiro atoms. The van der Waals surface area contributed by atoms with Crippen molar-refractivity contribution < 1.29 is 14.4 Å². The lowest BCUT2D eigenvalue weighted by Crippen LogP contribution is -2.41. The molecule has 4 rings (SSSR count).